The maximum Gasteiger partial charge on any atom is 0.251 e. The Hall–Kier alpha value is -1.71. The van der Waals surface area contributed by atoms with Crippen LogP contribution in [0.15, 0.2) is 18.2 Å². The minimum absolute atomic E-state index is 0.0626. The van der Waals surface area contributed by atoms with Crippen LogP contribution < -0.4 is 15.8 Å². The Balaban J connectivity index is 1.83. The Morgan fingerprint density at radius 2 is 2.16 bits per heavy atom. The summed E-state index contributed by atoms with van der Waals surface area (Å²) in [6.07, 6.45) is 6.38. The maximum absolute atomic E-state index is 12.0. The minimum Gasteiger partial charge on any atom is -0.495 e. The number of carbonyl (C=O) groups excluding carboxylic acids is 1. The van der Waals surface area contributed by atoms with Crippen LogP contribution in [0.2, 0.25) is 0 Å². The Kier molecular flexibility index (Phi) is 4.66. The van der Waals surface area contributed by atoms with E-state index in [1.54, 1.807) is 25.3 Å². The Labute approximate surface area is 114 Å². The molecule has 4 nitrogen and oxygen atoms in total. The molecule has 0 radical (unpaired) electrons. The van der Waals surface area contributed by atoms with Crippen molar-refractivity contribution in [1.82, 2.24) is 5.32 Å². The van der Waals surface area contributed by atoms with Crippen LogP contribution in [0.4, 0.5) is 5.69 Å². The molecule has 0 saturated heterocycles. The van der Waals surface area contributed by atoms with Crippen molar-refractivity contribution in [1.29, 1.82) is 0 Å². The summed E-state index contributed by atoms with van der Waals surface area (Å²) in [5.41, 5.74) is 6.87. The molecule has 2 rings (SSSR count). The van der Waals surface area contributed by atoms with E-state index >= 15 is 0 Å². The van der Waals surface area contributed by atoms with E-state index in [4.69, 9.17) is 10.5 Å². The van der Waals surface area contributed by atoms with Crippen molar-refractivity contribution in [2.45, 2.75) is 32.1 Å². The van der Waals surface area contributed by atoms with Crippen molar-refractivity contribution in [3.63, 3.8) is 0 Å². The highest BCUT2D eigenvalue weighted by Gasteiger charge is 2.15. The van der Waals surface area contributed by atoms with E-state index in [0.717, 1.165) is 18.9 Å². The van der Waals surface area contributed by atoms with Gasteiger partial charge in [0.15, 0.2) is 0 Å². The summed E-state index contributed by atoms with van der Waals surface area (Å²) >= 11 is 0. The molecule has 1 aliphatic carbocycles. The lowest BCUT2D eigenvalue weighted by molar-refractivity contribution is 0.0951. The Morgan fingerprint density at radius 3 is 2.79 bits per heavy atom. The van der Waals surface area contributed by atoms with Crippen LogP contribution >= 0.6 is 0 Å². The number of methoxy groups -OCH3 is 1. The zero-order valence-electron chi connectivity index (χ0n) is 11.4. The fourth-order valence-corrected chi connectivity index (χ4v) is 2.67. The molecule has 0 bridgehead atoms. The van der Waals surface area contributed by atoms with Gasteiger partial charge in [0.2, 0.25) is 0 Å². The number of ether oxygens (including phenoxy) is 1. The number of carbonyl (C=O) groups is 1. The molecule has 1 amide bonds. The van der Waals surface area contributed by atoms with Gasteiger partial charge in [-0.2, -0.15) is 0 Å². The molecule has 0 spiro atoms. The van der Waals surface area contributed by atoms with Crippen molar-refractivity contribution >= 4 is 11.6 Å². The third-order valence-corrected chi connectivity index (χ3v) is 3.80. The average Bonchev–Trinajstić information content (AvgIpc) is 2.91. The van der Waals surface area contributed by atoms with E-state index in [0.29, 0.717) is 17.0 Å². The number of nitrogens with two attached hydrogens (primary N) is 1. The molecule has 0 unspecified atom stereocenters. The summed E-state index contributed by atoms with van der Waals surface area (Å²) in [5.74, 6) is 1.33. The van der Waals surface area contributed by atoms with E-state index in [-0.39, 0.29) is 5.91 Å². The highest BCUT2D eigenvalue weighted by molar-refractivity contribution is 5.95. The van der Waals surface area contributed by atoms with Crippen LogP contribution in [-0.4, -0.2) is 19.6 Å². The van der Waals surface area contributed by atoms with Crippen molar-refractivity contribution in [3.8, 4) is 5.75 Å². The normalized spacial score (nSPS) is 15.4. The van der Waals surface area contributed by atoms with Gasteiger partial charge in [0.1, 0.15) is 5.75 Å². The van der Waals surface area contributed by atoms with Gasteiger partial charge in [0.05, 0.1) is 12.8 Å². The molecule has 4 heteroatoms. The molecular formula is C15H22N2O2. The lowest BCUT2D eigenvalue weighted by Gasteiger charge is -2.11. The number of hydrogen-bond acceptors (Lipinski definition) is 3. The Morgan fingerprint density at radius 1 is 1.42 bits per heavy atom. The van der Waals surface area contributed by atoms with Gasteiger partial charge in [-0.15, -0.1) is 0 Å². The van der Waals surface area contributed by atoms with Crippen LogP contribution in [0.3, 0.4) is 0 Å². The van der Waals surface area contributed by atoms with Crippen molar-refractivity contribution in [3.05, 3.63) is 23.8 Å². The monoisotopic (exact) mass is 262 g/mol. The number of anilines is 1. The van der Waals surface area contributed by atoms with Crippen molar-refractivity contribution < 1.29 is 9.53 Å². The van der Waals surface area contributed by atoms with Crippen molar-refractivity contribution in [2.24, 2.45) is 5.92 Å². The molecule has 1 aromatic rings. The number of amides is 1. The predicted molar refractivity (Wildman–Crippen MR) is 76.3 cm³/mol. The second kappa shape index (κ2) is 6.45. The fourth-order valence-electron chi connectivity index (χ4n) is 2.67. The predicted octanol–water partition coefficient (Wildman–Crippen LogP) is 2.59. The molecule has 3 N–H and O–H groups in total. The zero-order valence-corrected chi connectivity index (χ0v) is 11.4. The maximum atomic E-state index is 12.0. The topological polar surface area (TPSA) is 64.3 Å². The lowest BCUT2D eigenvalue weighted by atomic mass is 10.0. The largest absolute Gasteiger partial charge is 0.495 e. The number of nitrogen functional groups attached to an aromatic ring is 1. The molecule has 0 aliphatic heterocycles. The average molecular weight is 262 g/mol. The molecule has 19 heavy (non-hydrogen) atoms. The number of nitrogens with one attached hydrogen (secondary N) is 1. The summed E-state index contributed by atoms with van der Waals surface area (Å²) in [5, 5.41) is 2.96. The van der Waals surface area contributed by atoms with Gasteiger partial charge in [-0.05, 0) is 30.5 Å². The van der Waals surface area contributed by atoms with Gasteiger partial charge < -0.3 is 15.8 Å². The molecular weight excluding hydrogens is 240 g/mol. The molecule has 0 heterocycles. The highest BCUT2D eigenvalue weighted by atomic mass is 16.5. The van der Waals surface area contributed by atoms with Gasteiger partial charge in [0, 0.05) is 12.1 Å². The molecule has 1 fully saturated rings. The first-order valence-electron chi connectivity index (χ1n) is 6.92. The summed E-state index contributed by atoms with van der Waals surface area (Å²) < 4.78 is 5.07. The molecule has 0 atom stereocenters. The fraction of sp³-hybridized carbons (Fsp3) is 0.533. The third kappa shape index (κ3) is 3.63. The number of rotatable bonds is 5. The molecule has 1 aromatic carbocycles. The highest BCUT2D eigenvalue weighted by Crippen LogP contribution is 2.27. The second-order valence-electron chi connectivity index (χ2n) is 5.15. The van der Waals surface area contributed by atoms with Crippen LogP contribution in [0.25, 0.3) is 0 Å². The molecule has 0 aromatic heterocycles. The first-order valence-corrected chi connectivity index (χ1v) is 6.92. The van der Waals surface area contributed by atoms with Gasteiger partial charge in [-0.1, -0.05) is 25.7 Å². The van der Waals surface area contributed by atoms with Gasteiger partial charge in [-0.25, -0.2) is 0 Å². The van der Waals surface area contributed by atoms with Gasteiger partial charge in [0.25, 0.3) is 5.91 Å². The standard InChI is InChI=1S/C15H22N2O2/c1-19-14-7-6-12(10-13(14)16)15(18)17-9-8-11-4-2-3-5-11/h6-7,10-11H,2-5,8-9,16H2,1H3,(H,17,18). The molecule has 1 aliphatic rings. The van der Waals surface area contributed by atoms with Crippen molar-refractivity contribution in [2.75, 3.05) is 19.4 Å². The quantitative estimate of drug-likeness (QED) is 0.802. The van der Waals surface area contributed by atoms with Crippen LogP contribution in [0.5, 0.6) is 5.75 Å². The van der Waals surface area contributed by atoms with E-state index in [9.17, 15) is 4.79 Å². The lowest BCUT2D eigenvalue weighted by Crippen LogP contribution is -2.25. The molecule has 104 valence electrons. The van der Waals surface area contributed by atoms with E-state index < -0.39 is 0 Å². The molecule has 1 saturated carbocycles. The Bertz CT molecular complexity index is 440. The van der Waals surface area contributed by atoms with E-state index in [1.165, 1.54) is 25.7 Å². The van der Waals surface area contributed by atoms with Crippen LogP contribution in [0.1, 0.15) is 42.5 Å². The van der Waals surface area contributed by atoms with E-state index in [1.807, 2.05) is 0 Å². The SMILES string of the molecule is COc1ccc(C(=O)NCCC2CCCC2)cc1N. The van der Waals surface area contributed by atoms with Crippen LogP contribution in [-0.2, 0) is 0 Å². The van der Waals surface area contributed by atoms with Gasteiger partial charge in [-0.3, -0.25) is 4.79 Å². The van der Waals surface area contributed by atoms with Crippen LogP contribution in [0, 0.1) is 5.92 Å². The second-order valence-corrected chi connectivity index (χ2v) is 5.15. The van der Waals surface area contributed by atoms with E-state index in [2.05, 4.69) is 5.32 Å². The third-order valence-electron chi connectivity index (χ3n) is 3.80. The number of benzene rings is 1. The summed E-state index contributed by atoms with van der Waals surface area (Å²) in [6, 6.07) is 5.12. The smallest absolute Gasteiger partial charge is 0.251 e. The first kappa shape index (κ1) is 13.7. The summed E-state index contributed by atoms with van der Waals surface area (Å²) in [6.45, 7) is 0.745. The van der Waals surface area contributed by atoms with Gasteiger partial charge >= 0.3 is 0 Å². The first-order chi connectivity index (χ1) is 9.20. The summed E-state index contributed by atoms with van der Waals surface area (Å²) in [7, 11) is 1.56. The summed E-state index contributed by atoms with van der Waals surface area (Å²) in [4.78, 5) is 12.0. The minimum atomic E-state index is -0.0626. The number of hydrogen-bond donors (Lipinski definition) is 2. The zero-order chi connectivity index (χ0) is 13.7.